The number of nitrogens with one attached hydrogen (secondary N) is 1. The van der Waals surface area contributed by atoms with E-state index in [0.29, 0.717) is 24.5 Å². The summed E-state index contributed by atoms with van der Waals surface area (Å²) in [5, 5.41) is 3.26. The highest BCUT2D eigenvalue weighted by atomic mass is 16.5. The lowest BCUT2D eigenvalue weighted by molar-refractivity contribution is -0.124. The summed E-state index contributed by atoms with van der Waals surface area (Å²) in [4.78, 5) is 12.0. The zero-order valence-corrected chi connectivity index (χ0v) is 13.1. The van der Waals surface area contributed by atoms with Crippen LogP contribution in [0.5, 0.6) is 0 Å². The minimum atomic E-state index is 0.148. The molecule has 0 saturated heterocycles. The van der Waals surface area contributed by atoms with E-state index in [1.807, 2.05) is 13.8 Å². The first-order chi connectivity index (χ1) is 8.77. The van der Waals surface area contributed by atoms with Gasteiger partial charge in [-0.05, 0) is 49.9 Å². The van der Waals surface area contributed by atoms with E-state index >= 15 is 0 Å². The Kier molecular flexibility index (Phi) is 3.97. The van der Waals surface area contributed by atoms with Crippen molar-refractivity contribution in [3.05, 3.63) is 0 Å². The molecule has 110 valence electrons. The van der Waals surface area contributed by atoms with Gasteiger partial charge in [0.1, 0.15) is 0 Å². The maximum absolute atomic E-state index is 12.0. The highest BCUT2D eigenvalue weighted by Gasteiger charge is 2.61. The van der Waals surface area contributed by atoms with Gasteiger partial charge >= 0.3 is 0 Å². The number of ether oxygens (including phenoxy) is 1. The summed E-state index contributed by atoms with van der Waals surface area (Å²) >= 11 is 0. The molecule has 3 atom stereocenters. The predicted octanol–water partition coefficient (Wildman–Crippen LogP) is 3.13. The lowest BCUT2D eigenvalue weighted by Gasteiger charge is -2.39. The molecule has 3 heteroatoms. The smallest absolute Gasteiger partial charge is 0.222 e. The molecule has 0 unspecified atom stereocenters. The number of fused-ring (bicyclic) bond motifs is 2. The molecule has 1 amide bonds. The standard InChI is InChI=1S/C16H29NO2/c1-11(2)19-9-7-14(18)17-13-10-12-6-8-16(13,5)15(12,3)4/h11-13H,6-10H2,1-5H3,(H,17,18)/t12-,13-,16-/m1/s1. The Morgan fingerprint density at radius 1 is 1.37 bits per heavy atom. The summed E-state index contributed by atoms with van der Waals surface area (Å²) in [5.74, 6) is 0.921. The van der Waals surface area contributed by atoms with E-state index in [1.165, 1.54) is 12.8 Å². The predicted molar refractivity (Wildman–Crippen MR) is 76.9 cm³/mol. The number of rotatable bonds is 5. The SMILES string of the molecule is CC(C)OCCC(=O)N[C@@H]1C[C@H]2CC[C@@]1(C)C2(C)C. The van der Waals surface area contributed by atoms with Gasteiger partial charge in [-0.1, -0.05) is 20.8 Å². The van der Waals surface area contributed by atoms with Crippen molar-refractivity contribution < 1.29 is 9.53 Å². The maximum Gasteiger partial charge on any atom is 0.222 e. The van der Waals surface area contributed by atoms with Crippen LogP contribution in [0.3, 0.4) is 0 Å². The second kappa shape index (κ2) is 5.08. The molecule has 0 aromatic rings. The topological polar surface area (TPSA) is 38.3 Å². The third-order valence-corrected chi connectivity index (χ3v) is 5.91. The molecule has 2 rings (SSSR count). The van der Waals surface area contributed by atoms with E-state index in [2.05, 4.69) is 26.1 Å². The zero-order valence-electron chi connectivity index (χ0n) is 13.1. The molecule has 2 aliphatic carbocycles. The Hall–Kier alpha value is -0.570. The summed E-state index contributed by atoms with van der Waals surface area (Å²) in [6, 6.07) is 0.354. The molecule has 0 aromatic carbocycles. The molecule has 2 fully saturated rings. The molecular formula is C16H29NO2. The molecule has 0 radical (unpaired) electrons. The highest BCUT2D eigenvalue weighted by Crippen LogP contribution is 2.65. The van der Waals surface area contributed by atoms with Gasteiger partial charge in [-0.25, -0.2) is 0 Å². The Balaban J connectivity index is 1.86. The lowest BCUT2D eigenvalue weighted by atomic mass is 9.69. The molecule has 2 aliphatic rings. The minimum Gasteiger partial charge on any atom is -0.378 e. The van der Waals surface area contributed by atoms with Crippen LogP contribution in [-0.4, -0.2) is 24.7 Å². The van der Waals surface area contributed by atoms with Crippen LogP contribution in [0.1, 0.15) is 60.3 Å². The average molecular weight is 267 g/mol. The van der Waals surface area contributed by atoms with Crippen LogP contribution in [0.4, 0.5) is 0 Å². The van der Waals surface area contributed by atoms with E-state index in [4.69, 9.17) is 4.74 Å². The van der Waals surface area contributed by atoms with Crippen LogP contribution >= 0.6 is 0 Å². The molecule has 1 N–H and O–H groups in total. The van der Waals surface area contributed by atoms with Crippen LogP contribution in [0.25, 0.3) is 0 Å². The van der Waals surface area contributed by atoms with Gasteiger partial charge in [-0.3, -0.25) is 4.79 Å². The average Bonchev–Trinajstić information content (AvgIpc) is 2.61. The van der Waals surface area contributed by atoms with Gasteiger partial charge < -0.3 is 10.1 Å². The molecule has 0 aromatic heterocycles. The van der Waals surface area contributed by atoms with E-state index < -0.39 is 0 Å². The quantitative estimate of drug-likeness (QED) is 0.831. The van der Waals surface area contributed by atoms with Crippen molar-refractivity contribution >= 4 is 5.91 Å². The lowest BCUT2D eigenvalue weighted by Crippen LogP contribution is -2.47. The van der Waals surface area contributed by atoms with Crippen molar-refractivity contribution in [2.24, 2.45) is 16.7 Å². The Labute approximate surface area is 117 Å². The molecule has 0 aliphatic heterocycles. The maximum atomic E-state index is 12.0. The van der Waals surface area contributed by atoms with Crippen molar-refractivity contribution in [1.82, 2.24) is 5.32 Å². The first kappa shape index (κ1) is 14.8. The van der Waals surface area contributed by atoms with Crippen molar-refractivity contribution in [3.8, 4) is 0 Å². The molecule has 0 spiro atoms. The molecule has 0 heterocycles. The van der Waals surface area contributed by atoms with Gasteiger partial charge in [0.05, 0.1) is 12.7 Å². The van der Waals surface area contributed by atoms with Gasteiger partial charge in [0.2, 0.25) is 5.91 Å². The minimum absolute atomic E-state index is 0.148. The molecular weight excluding hydrogens is 238 g/mol. The van der Waals surface area contributed by atoms with Crippen LogP contribution in [0.15, 0.2) is 0 Å². The van der Waals surface area contributed by atoms with Crippen LogP contribution in [-0.2, 0) is 9.53 Å². The van der Waals surface area contributed by atoms with Crippen LogP contribution < -0.4 is 5.32 Å². The van der Waals surface area contributed by atoms with E-state index in [-0.39, 0.29) is 17.4 Å². The van der Waals surface area contributed by atoms with Gasteiger partial charge in [-0.15, -0.1) is 0 Å². The summed E-state index contributed by atoms with van der Waals surface area (Å²) < 4.78 is 5.44. The second-order valence-electron chi connectivity index (χ2n) is 7.40. The Morgan fingerprint density at radius 3 is 2.53 bits per heavy atom. The summed E-state index contributed by atoms with van der Waals surface area (Å²) in [6.45, 7) is 11.6. The van der Waals surface area contributed by atoms with Gasteiger partial charge in [0, 0.05) is 12.5 Å². The van der Waals surface area contributed by atoms with E-state index in [1.54, 1.807) is 0 Å². The third kappa shape index (κ3) is 2.54. The Morgan fingerprint density at radius 2 is 2.05 bits per heavy atom. The van der Waals surface area contributed by atoms with Gasteiger partial charge in [0.25, 0.3) is 0 Å². The molecule has 19 heavy (non-hydrogen) atoms. The molecule has 3 nitrogen and oxygen atoms in total. The normalized spacial score (nSPS) is 35.9. The number of hydrogen-bond acceptors (Lipinski definition) is 2. The largest absolute Gasteiger partial charge is 0.378 e. The van der Waals surface area contributed by atoms with Crippen LogP contribution in [0.2, 0.25) is 0 Å². The van der Waals surface area contributed by atoms with Crippen molar-refractivity contribution in [3.63, 3.8) is 0 Å². The fraction of sp³-hybridized carbons (Fsp3) is 0.938. The second-order valence-corrected chi connectivity index (χ2v) is 7.40. The molecule has 2 bridgehead atoms. The third-order valence-electron chi connectivity index (χ3n) is 5.91. The van der Waals surface area contributed by atoms with E-state index in [0.717, 1.165) is 12.3 Å². The monoisotopic (exact) mass is 267 g/mol. The zero-order chi connectivity index (χ0) is 14.3. The van der Waals surface area contributed by atoms with Gasteiger partial charge in [-0.2, -0.15) is 0 Å². The fourth-order valence-corrected chi connectivity index (χ4v) is 4.08. The number of hydrogen-bond donors (Lipinski definition) is 1. The van der Waals surface area contributed by atoms with Crippen molar-refractivity contribution in [2.45, 2.75) is 72.4 Å². The first-order valence-corrected chi connectivity index (χ1v) is 7.68. The number of amides is 1. The fourth-order valence-electron chi connectivity index (χ4n) is 4.08. The number of carbonyl (C=O) groups excluding carboxylic acids is 1. The Bertz CT molecular complexity index is 351. The highest BCUT2D eigenvalue weighted by molar-refractivity contribution is 5.76. The first-order valence-electron chi connectivity index (χ1n) is 7.68. The van der Waals surface area contributed by atoms with Crippen molar-refractivity contribution in [1.29, 1.82) is 0 Å². The summed E-state index contributed by atoms with van der Waals surface area (Å²) in [7, 11) is 0. The summed E-state index contributed by atoms with van der Waals surface area (Å²) in [6.07, 6.45) is 4.41. The molecule has 2 saturated carbocycles. The van der Waals surface area contributed by atoms with E-state index in [9.17, 15) is 4.79 Å². The van der Waals surface area contributed by atoms with Crippen molar-refractivity contribution in [2.75, 3.05) is 6.61 Å². The van der Waals surface area contributed by atoms with Crippen LogP contribution in [0, 0.1) is 16.7 Å². The summed E-state index contributed by atoms with van der Waals surface area (Å²) in [5.41, 5.74) is 0.631. The van der Waals surface area contributed by atoms with Gasteiger partial charge in [0.15, 0.2) is 0 Å². The number of carbonyl (C=O) groups is 1.